The summed E-state index contributed by atoms with van der Waals surface area (Å²) in [4.78, 5) is 15.4. The first-order chi connectivity index (χ1) is 8.81. The van der Waals surface area contributed by atoms with Crippen molar-refractivity contribution >= 4 is 17.3 Å². The summed E-state index contributed by atoms with van der Waals surface area (Å²) in [6, 6.07) is 3.75. The van der Waals surface area contributed by atoms with E-state index in [0.717, 1.165) is 24.3 Å². The van der Waals surface area contributed by atoms with Gasteiger partial charge in [-0.25, -0.2) is 0 Å². The van der Waals surface area contributed by atoms with Crippen molar-refractivity contribution in [1.82, 2.24) is 15.2 Å². The zero-order valence-corrected chi connectivity index (χ0v) is 11.1. The van der Waals surface area contributed by atoms with Crippen LogP contribution in [0, 0.1) is 0 Å². The van der Waals surface area contributed by atoms with Crippen molar-refractivity contribution in [2.45, 2.75) is 26.2 Å². The molecular formula is C12H16N4OS. The van der Waals surface area contributed by atoms with E-state index in [-0.39, 0.29) is 5.56 Å². The maximum Gasteiger partial charge on any atom is 0.279 e. The number of H-pyrrole nitrogens is 1. The monoisotopic (exact) mass is 264 g/mol. The van der Waals surface area contributed by atoms with Crippen molar-refractivity contribution in [1.29, 1.82) is 0 Å². The van der Waals surface area contributed by atoms with Gasteiger partial charge in [-0.1, -0.05) is 25.8 Å². The predicted molar refractivity (Wildman–Crippen MR) is 74.0 cm³/mol. The summed E-state index contributed by atoms with van der Waals surface area (Å²) in [6.07, 6.45) is 3.39. The molecule has 2 N–H and O–H groups in total. The highest BCUT2D eigenvalue weighted by molar-refractivity contribution is 7.13. The number of aromatic nitrogens is 3. The van der Waals surface area contributed by atoms with Gasteiger partial charge in [0.1, 0.15) is 0 Å². The standard InChI is InChI=1S/C12H16N4OS/c1-2-3-4-7-13-12-14-11(17)10(15-16-12)9-6-5-8-18-9/h5-6,8H,2-4,7H2,1H3,(H2,13,14,16,17). The number of rotatable bonds is 6. The summed E-state index contributed by atoms with van der Waals surface area (Å²) in [6.45, 7) is 2.95. The molecule has 0 fully saturated rings. The number of thiophene rings is 1. The van der Waals surface area contributed by atoms with Gasteiger partial charge in [0.25, 0.3) is 5.56 Å². The van der Waals surface area contributed by atoms with Crippen molar-refractivity contribution in [3.63, 3.8) is 0 Å². The molecule has 0 aromatic carbocycles. The van der Waals surface area contributed by atoms with Gasteiger partial charge < -0.3 is 5.32 Å². The molecule has 0 atom stereocenters. The molecule has 6 heteroatoms. The van der Waals surface area contributed by atoms with Gasteiger partial charge in [0.15, 0.2) is 5.69 Å². The third-order valence-electron chi connectivity index (χ3n) is 2.52. The fraction of sp³-hybridized carbons (Fsp3) is 0.417. The highest BCUT2D eigenvalue weighted by atomic mass is 32.1. The van der Waals surface area contributed by atoms with Crippen LogP contribution in [0.1, 0.15) is 26.2 Å². The lowest BCUT2D eigenvalue weighted by Gasteiger charge is -2.04. The van der Waals surface area contributed by atoms with E-state index < -0.39 is 0 Å². The normalized spacial score (nSPS) is 10.5. The number of hydrogen-bond acceptors (Lipinski definition) is 5. The van der Waals surface area contributed by atoms with Crippen molar-refractivity contribution in [3.8, 4) is 10.6 Å². The first-order valence-electron chi connectivity index (χ1n) is 6.06. The third-order valence-corrected chi connectivity index (χ3v) is 3.40. The average Bonchev–Trinajstić information content (AvgIpc) is 2.88. The molecule has 0 spiro atoms. The van der Waals surface area contributed by atoms with E-state index in [1.165, 1.54) is 17.8 Å². The van der Waals surface area contributed by atoms with E-state index >= 15 is 0 Å². The Balaban J connectivity index is 2.04. The Bertz CT molecular complexity index is 535. The summed E-state index contributed by atoms with van der Waals surface area (Å²) in [5.41, 5.74) is 0.176. The molecule has 0 radical (unpaired) electrons. The SMILES string of the molecule is CCCCCNc1nnc(-c2cccs2)c(=O)[nH]1. The molecule has 0 amide bonds. The minimum Gasteiger partial charge on any atom is -0.354 e. The molecule has 0 saturated carbocycles. The van der Waals surface area contributed by atoms with Gasteiger partial charge in [-0.3, -0.25) is 9.78 Å². The zero-order valence-electron chi connectivity index (χ0n) is 10.3. The van der Waals surface area contributed by atoms with Crippen LogP contribution in [-0.2, 0) is 0 Å². The van der Waals surface area contributed by atoms with Gasteiger partial charge in [0.2, 0.25) is 5.95 Å². The van der Waals surface area contributed by atoms with Gasteiger partial charge in [0, 0.05) is 6.54 Å². The highest BCUT2D eigenvalue weighted by Crippen LogP contribution is 2.18. The Morgan fingerprint density at radius 3 is 2.94 bits per heavy atom. The predicted octanol–water partition coefficient (Wildman–Crippen LogP) is 2.50. The second kappa shape index (κ2) is 6.30. The van der Waals surface area contributed by atoms with E-state index in [9.17, 15) is 4.79 Å². The average molecular weight is 264 g/mol. The van der Waals surface area contributed by atoms with Gasteiger partial charge >= 0.3 is 0 Å². The molecule has 2 heterocycles. The van der Waals surface area contributed by atoms with E-state index in [2.05, 4.69) is 27.4 Å². The number of aromatic amines is 1. The Kier molecular flexibility index (Phi) is 4.46. The molecular weight excluding hydrogens is 248 g/mol. The fourth-order valence-corrected chi connectivity index (χ4v) is 2.28. The summed E-state index contributed by atoms with van der Waals surface area (Å²) >= 11 is 1.48. The van der Waals surface area contributed by atoms with E-state index in [0.29, 0.717) is 11.6 Å². The Labute approximate surface area is 109 Å². The molecule has 0 saturated heterocycles. The van der Waals surface area contributed by atoms with Crippen LogP contribution in [0.2, 0.25) is 0 Å². The molecule has 2 aromatic rings. The molecule has 18 heavy (non-hydrogen) atoms. The van der Waals surface area contributed by atoms with Crippen LogP contribution in [-0.4, -0.2) is 21.7 Å². The fourth-order valence-electron chi connectivity index (χ4n) is 1.57. The maximum atomic E-state index is 11.8. The first kappa shape index (κ1) is 12.8. The summed E-state index contributed by atoms with van der Waals surface area (Å²) in [7, 11) is 0. The topological polar surface area (TPSA) is 70.7 Å². The molecule has 0 aliphatic heterocycles. The van der Waals surface area contributed by atoms with Crippen LogP contribution >= 0.6 is 11.3 Å². The van der Waals surface area contributed by atoms with E-state index in [1.807, 2.05) is 17.5 Å². The highest BCUT2D eigenvalue weighted by Gasteiger charge is 2.07. The number of unbranched alkanes of at least 4 members (excludes halogenated alkanes) is 2. The van der Waals surface area contributed by atoms with Gasteiger partial charge in [-0.2, -0.15) is 0 Å². The second-order valence-corrected chi connectivity index (χ2v) is 4.91. The minimum absolute atomic E-state index is 0.203. The van der Waals surface area contributed by atoms with Crippen LogP contribution in [0.15, 0.2) is 22.3 Å². The third kappa shape index (κ3) is 3.16. The summed E-state index contributed by atoms with van der Waals surface area (Å²) in [5.74, 6) is 0.441. The molecule has 2 aromatic heterocycles. The Morgan fingerprint density at radius 1 is 1.39 bits per heavy atom. The first-order valence-corrected chi connectivity index (χ1v) is 6.94. The molecule has 5 nitrogen and oxygen atoms in total. The lowest BCUT2D eigenvalue weighted by Crippen LogP contribution is -2.17. The lowest BCUT2D eigenvalue weighted by molar-refractivity contribution is 0.738. The molecule has 96 valence electrons. The number of hydrogen-bond donors (Lipinski definition) is 2. The van der Waals surface area contributed by atoms with Crippen LogP contribution in [0.4, 0.5) is 5.95 Å². The number of nitrogens with zero attached hydrogens (tertiary/aromatic N) is 2. The van der Waals surface area contributed by atoms with Crippen LogP contribution < -0.4 is 10.9 Å². The van der Waals surface area contributed by atoms with Crippen LogP contribution in [0.25, 0.3) is 10.6 Å². The van der Waals surface area contributed by atoms with Gasteiger partial charge in [-0.05, 0) is 17.9 Å². The molecule has 2 rings (SSSR count). The van der Waals surface area contributed by atoms with Crippen molar-refractivity contribution in [2.75, 3.05) is 11.9 Å². The van der Waals surface area contributed by atoms with Gasteiger partial charge in [-0.15, -0.1) is 21.5 Å². The number of anilines is 1. The van der Waals surface area contributed by atoms with Crippen LogP contribution in [0.5, 0.6) is 0 Å². The lowest BCUT2D eigenvalue weighted by atomic mass is 10.2. The molecule has 0 aliphatic rings. The second-order valence-electron chi connectivity index (χ2n) is 3.96. The minimum atomic E-state index is -0.203. The maximum absolute atomic E-state index is 11.8. The Hall–Kier alpha value is -1.69. The van der Waals surface area contributed by atoms with Gasteiger partial charge in [0.05, 0.1) is 4.88 Å². The zero-order chi connectivity index (χ0) is 12.8. The smallest absolute Gasteiger partial charge is 0.279 e. The Morgan fingerprint density at radius 2 is 2.28 bits per heavy atom. The van der Waals surface area contributed by atoms with Crippen molar-refractivity contribution in [3.05, 3.63) is 27.9 Å². The summed E-state index contributed by atoms with van der Waals surface area (Å²) < 4.78 is 0. The molecule has 0 unspecified atom stereocenters. The van der Waals surface area contributed by atoms with E-state index in [1.54, 1.807) is 0 Å². The van der Waals surface area contributed by atoms with Crippen molar-refractivity contribution < 1.29 is 0 Å². The van der Waals surface area contributed by atoms with Crippen molar-refractivity contribution in [2.24, 2.45) is 0 Å². The van der Waals surface area contributed by atoms with Crippen LogP contribution in [0.3, 0.4) is 0 Å². The summed E-state index contributed by atoms with van der Waals surface area (Å²) in [5, 5.41) is 12.9. The van der Waals surface area contributed by atoms with E-state index in [4.69, 9.17) is 0 Å². The quantitative estimate of drug-likeness (QED) is 0.786. The number of nitrogens with one attached hydrogen (secondary N) is 2. The molecule has 0 aliphatic carbocycles. The molecule has 0 bridgehead atoms. The largest absolute Gasteiger partial charge is 0.354 e.